The summed E-state index contributed by atoms with van der Waals surface area (Å²) in [5.74, 6) is 0. The molecule has 0 amide bonds. The van der Waals surface area contributed by atoms with Crippen LogP contribution in [0.3, 0.4) is 0 Å². The van der Waals surface area contributed by atoms with Gasteiger partial charge in [0.2, 0.25) is 0 Å². The summed E-state index contributed by atoms with van der Waals surface area (Å²) in [6, 6.07) is 86.2. The van der Waals surface area contributed by atoms with Crippen molar-refractivity contribution >= 4 is 55.9 Å². The van der Waals surface area contributed by atoms with E-state index in [9.17, 15) is 5.48 Å². The molecule has 12 aromatic rings. The highest BCUT2D eigenvalue weighted by molar-refractivity contribution is 6.11. The Morgan fingerprint density at radius 1 is 0.343 bits per heavy atom. The lowest BCUT2D eigenvalue weighted by Crippen LogP contribution is -2.29. The molecule has 0 spiro atoms. The van der Waals surface area contributed by atoms with Crippen molar-refractivity contribution in [3.05, 3.63) is 307 Å². The van der Waals surface area contributed by atoms with Crippen LogP contribution in [-0.4, -0.2) is 4.57 Å². The van der Waals surface area contributed by atoms with Crippen LogP contribution in [0.2, 0.25) is 0 Å². The van der Waals surface area contributed by atoms with Crippen LogP contribution in [0.25, 0.3) is 49.7 Å². The van der Waals surface area contributed by atoms with Gasteiger partial charge in [0.05, 0.1) is 23.3 Å². The summed E-state index contributed by atoms with van der Waals surface area (Å²) in [5, 5.41) is 2.02. The first-order valence-electron chi connectivity index (χ1n) is 26.2. The molecule has 1 atom stereocenters. The van der Waals surface area contributed by atoms with Gasteiger partial charge in [-0.05, 0) is 136 Å². The van der Waals surface area contributed by atoms with Gasteiger partial charge < -0.3 is 14.4 Å². The van der Waals surface area contributed by atoms with Crippen molar-refractivity contribution in [2.24, 2.45) is 0 Å². The van der Waals surface area contributed by atoms with E-state index in [1.54, 1.807) is 0 Å². The second-order valence-electron chi connectivity index (χ2n) is 17.7. The van der Waals surface area contributed by atoms with Gasteiger partial charge in [-0.25, -0.2) is 0 Å². The minimum Gasteiger partial charge on any atom is -0.310 e. The molecule has 0 aliphatic heterocycles. The molecule has 0 saturated heterocycles. The zero-order valence-corrected chi connectivity index (χ0v) is 38.1. The Kier molecular flexibility index (Phi) is 8.81. The van der Waals surface area contributed by atoms with Crippen molar-refractivity contribution in [3.63, 3.8) is 0 Å². The Morgan fingerprint density at radius 2 is 0.786 bits per heavy atom. The highest BCUT2D eigenvalue weighted by Crippen LogP contribution is 2.60. The van der Waals surface area contributed by atoms with Crippen LogP contribution in [0.1, 0.15) is 29.1 Å². The number of hydrogen-bond donors (Lipinski definition) is 0. The molecule has 0 radical (unpaired) electrons. The third-order valence-electron chi connectivity index (χ3n) is 13.9. The van der Waals surface area contributed by atoms with Gasteiger partial charge in [-0.15, -0.1) is 0 Å². The lowest BCUT2D eigenvalue weighted by molar-refractivity contribution is 0.772. The summed E-state index contributed by atoms with van der Waals surface area (Å²) >= 11 is 0. The Morgan fingerprint density at radius 3 is 1.34 bits per heavy atom. The summed E-state index contributed by atoms with van der Waals surface area (Å²) in [4.78, 5) is 4.50. The van der Waals surface area contributed by atoms with E-state index >= 15 is 0 Å². The Labute approximate surface area is 416 Å². The van der Waals surface area contributed by atoms with E-state index in [-0.39, 0.29) is 17.6 Å². The molecule has 1 aliphatic carbocycles. The maximum Gasteiger partial charge on any atom is 0.0734 e. The molecule has 330 valence electrons. The van der Waals surface area contributed by atoms with Crippen molar-refractivity contribution in [3.8, 4) is 27.9 Å². The third kappa shape index (κ3) is 6.66. The SMILES string of the molecule is [2H]c1c([2H])c([2H])c(C2(c3cccc4c5ccccc5n(-c5ccccc5)c34)c3ccc(N(c4ccccc4)c4ccccc4)cc3-c3cc(N(c4ccccc4)c4ccc(-c5ccccc5)cc4)ccc32)c([2H])c1[2H]. The number of anilines is 6. The Hall–Kier alpha value is -9.18. The molecule has 1 aromatic heterocycles. The lowest BCUT2D eigenvalue weighted by atomic mass is 9.67. The molecular formula is C67H47N3. The second-order valence-corrected chi connectivity index (χ2v) is 17.7. The van der Waals surface area contributed by atoms with Crippen molar-refractivity contribution in [1.29, 1.82) is 0 Å². The predicted molar refractivity (Wildman–Crippen MR) is 293 cm³/mol. The molecule has 1 unspecified atom stereocenters. The van der Waals surface area contributed by atoms with Crippen LogP contribution in [-0.2, 0) is 5.41 Å². The normalized spacial score (nSPS) is 14.8. The lowest BCUT2D eigenvalue weighted by Gasteiger charge is -2.35. The highest BCUT2D eigenvalue weighted by Gasteiger charge is 2.48. The van der Waals surface area contributed by atoms with Crippen molar-refractivity contribution < 1.29 is 6.85 Å². The van der Waals surface area contributed by atoms with Gasteiger partial charge in [0.15, 0.2) is 0 Å². The van der Waals surface area contributed by atoms with Crippen LogP contribution < -0.4 is 9.80 Å². The molecule has 0 N–H and O–H groups in total. The first-order chi connectivity index (χ1) is 36.8. The molecule has 3 heteroatoms. The van der Waals surface area contributed by atoms with Gasteiger partial charge in [-0.3, -0.25) is 0 Å². The summed E-state index contributed by atoms with van der Waals surface area (Å²) in [5.41, 5.74) is 13.6. The fraction of sp³-hybridized carbons (Fsp3) is 0.0149. The Balaban J connectivity index is 1.17. The average Bonchev–Trinajstić information content (AvgIpc) is 3.96. The van der Waals surface area contributed by atoms with Crippen LogP contribution in [0, 0.1) is 0 Å². The van der Waals surface area contributed by atoms with E-state index in [2.05, 4.69) is 184 Å². The van der Waals surface area contributed by atoms with E-state index < -0.39 is 23.5 Å². The van der Waals surface area contributed by atoms with Gasteiger partial charge in [-0.1, -0.05) is 194 Å². The van der Waals surface area contributed by atoms with Crippen LogP contribution >= 0.6 is 0 Å². The minimum atomic E-state index is -1.46. The summed E-state index contributed by atoms with van der Waals surface area (Å²) < 4.78 is 50.0. The first-order valence-corrected chi connectivity index (χ1v) is 23.7. The van der Waals surface area contributed by atoms with Gasteiger partial charge >= 0.3 is 0 Å². The monoisotopic (exact) mass is 898 g/mol. The fourth-order valence-corrected chi connectivity index (χ4v) is 10.9. The number of rotatable bonds is 10. The number of nitrogens with zero attached hydrogens (tertiary/aromatic N) is 3. The van der Waals surface area contributed by atoms with Crippen molar-refractivity contribution in [2.75, 3.05) is 9.80 Å². The molecule has 0 saturated carbocycles. The molecular weight excluding hydrogens is 847 g/mol. The fourth-order valence-electron chi connectivity index (χ4n) is 10.9. The van der Waals surface area contributed by atoms with E-state index in [1.165, 1.54) is 0 Å². The molecule has 11 aromatic carbocycles. The van der Waals surface area contributed by atoms with E-state index in [0.717, 1.165) is 101 Å². The Bertz CT molecular complexity index is 4040. The van der Waals surface area contributed by atoms with Gasteiger partial charge in [0, 0.05) is 50.6 Å². The summed E-state index contributed by atoms with van der Waals surface area (Å²) in [6.45, 7) is 0. The molecule has 0 bridgehead atoms. The largest absolute Gasteiger partial charge is 0.310 e. The smallest absolute Gasteiger partial charge is 0.0734 e. The van der Waals surface area contributed by atoms with Crippen molar-refractivity contribution in [1.82, 2.24) is 4.57 Å². The number of benzene rings is 11. The van der Waals surface area contributed by atoms with Gasteiger partial charge in [0.1, 0.15) is 0 Å². The molecule has 70 heavy (non-hydrogen) atoms. The van der Waals surface area contributed by atoms with Crippen LogP contribution in [0.4, 0.5) is 34.1 Å². The standard InChI is InChI=1S/C67H47N3/c1-7-22-48(23-8-1)49-38-40-55(41-39-49)69(53-30-15-5-16-31-53)57-43-45-63-61(47-57)60-46-56(68(51-26-11-3-12-27-51)52-28-13-4-14-29-52)42-44-62(60)67(63,50-24-9-2-10-25-50)64-36-21-35-59-58-34-19-20-37-65(58)70(66(59)64)54-32-17-6-18-33-54/h1-47H/i2D,9D,10D,24D,25D. The maximum absolute atomic E-state index is 10.0. The van der Waals surface area contributed by atoms with E-state index in [4.69, 9.17) is 1.37 Å². The number of aromatic nitrogens is 1. The first kappa shape index (κ1) is 35.9. The summed E-state index contributed by atoms with van der Waals surface area (Å²) in [7, 11) is 0. The molecule has 13 rings (SSSR count). The molecule has 1 heterocycles. The second kappa shape index (κ2) is 17.2. The zero-order chi connectivity index (χ0) is 50.8. The number of hydrogen-bond acceptors (Lipinski definition) is 2. The molecule has 1 aliphatic rings. The third-order valence-corrected chi connectivity index (χ3v) is 13.9. The van der Waals surface area contributed by atoms with E-state index in [0.29, 0.717) is 0 Å². The minimum absolute atomic E-state index is 0.186. The quantitative estimate of drug-likeness (QED) is 0.135. The topological polar surface area (TPSA) is 11.4 Å². The van der Waals surface area contributed by atoms with Gasteiger partial charge in [0.25, 0.3) is 0 Å². The zero-order valence-electron chi connectivity index (χ0n) is 43.1. The summed E-state index contributed by atoms with van der Waals surface area (Å²) in [6.07, 6.45) is 0. The highest BCUT2D eigenvalue weighted by atomic mass is 15.1. The van der Waals surface area contributed by atoms with E-state index in [1.807, 2.05) is 84.9 Å². The van der Waals surface area contributed by atoms with Crippen LogP contribution in [0.5, 0.6) is 0 Å². The molecule has 0 fully saturated rings. The van der Waals surface area contributed by atoms with Crippen molar-refractivity contribution in [2.45, 2.75) is 5.41 Å². The maximum atomic E-state index is 10.0. The molecule has 3 nitrogen and oxygen atoms in total. The predicted octanol–water partition coefficient (Wildman–Crippen LogP) is 17.8. The average molecular weight is 899 g/mol. The van der Waals surface area contributed by atoms with Crippen LogP contribution in [0.15, 0.2) is 285 Å². The number of fused-ring (bicyclic) bond motifs is 6. The number of para-hydroxylation sites is 6. The van der Waals surface area contributed by atoms with Gasteiger partial charge in [-0.2, -0.15) is 0 Å².